The van der Waals surface area contributed by atoms with Crippen LogP contribution in [0.3, 0.4) is 0 Å². The summed E-state index contributed by atoms with van der Waals surface area (Å²) in [5, 5.41) is 26.6. The summed E-state index contributed by atoms with van der Waals surface area (Å²) in [6, 6.07) is 12.0. The van der Waals surface area contributed by atoms with E-state index in [1.165, 1.54) is 6.92 Å². The van der Waals surface area contributed by atoms with Crippen LogP contribution in [0.25, 0.3) is 0 Å². The molecule has 2 aromatic carbocycles. The highest BCUT2D eigenvalue weighted by Crippen LogP contribution is 2.06. The van der Waals surface area contributed by atoms with Crippen molar-refractivity contribution in [3.8, 4) is 0 Å². The van der Waals surface area contributed by atoms with Gasteiger partial charge in [0.05, 0.1) is 18.6 Å². The minimum atomic E-state index is -1.59. The molecule has 5 atom stereocenters. The summed E-state index contributed by atoms with van der Waals surface area (Å²) in [6.07, 6.45) is -1.93. The fourth-order valence-corrected chi connectivity index (χ4v) is 3.62. The van der Waals surface area contributed by atoms with Crippen LogP contribution in [0.4, 0.5) is 0 Å². The Balaban J connectivity index is 2.10. The number of amides is 4. The van der Waals surface area contributed by atoms with Crippen LogP contribution in [-0.2, 0) is 36.8 Å². The molecule has 0 aliphatic rings. The van der Waals surface area contributed by atoms with Gasteiger partial charge in [-0.3, -0.25) is 19.2 Å². The van der Waals surface area contributed by atoms with Gasteiger partial charge in [-0.1, -0.05) is 60.7 Å². The van der Waals surface area contributed by atoms with Gasteiger partial charge in [-0.2, -0.15) is 0 Å². The molecule has 0 bridgehead atoms. The topological polar surface area (TPSA) is 214 Å². The van der Waals surface area contributed by atoms with Crippen molar-refractivity contribution in [1.82, 2.24) is 16.0 Å². The summed E-state index contributed by atoms with van der Waals surface area (Å²) in [5.74, 6) is -4.91. The Bertz CT molecular complexity index is 1110. The molecule has 9 N–H and O–H groups in total. The zero-order valence-electron chi connectivity index (χ0n) is 20.9. The molecule has 0 spiro atoms. The first-order valence-electron chi connectivity index (χ1n) is 11.9. The summed E-state index contributed by atoms with van der Waals surface area (Å²) in [7, 11) is 0. The molecule has 0 saturated heterocycles. The van der Waals surface area contributed by atoms with Crippen LogP contribution in [0, 0.1) is 0 Å². The molecule has 0 aromatic heterocycles. The van der Waals surface area contributed by atoms with Crippen molar-refractivity contribution < 1.29 is 34.2 Å². The predicted molar refractivity (Wildman–Crippen MR) is 137 cm³/mol. The maximum absolute atomic E-state index is 12.9. The molecule has 2 rings (SSSR count). The third kappa shape index (κ3) is 9.64. The smallest absolute Gasteiger partial charge is 0.326 e. The maximum atomic E-state index is 12.9. The SMILES string of the molecule is CC(O)C(NC(=O)C(CC(N)=O)NC(=O)C(N)Cc1ccccc1)C(=O)NC(Cc1ccccc1)C(=O)O. The van der Waals surface area contributed by atoms with Crippen molar-refractivity contribution in [2.24, 2.45) is 11.5 Å². The zero-order valence-corrected chi connectivity index (χ0v) is 20.9. The average molecular weight is 528 g/mol. The second kappa shape index (κ2) is 14.4. The van der Waals surface area contributed by atoms with E-state index in [1.807, 2.05) is 0 Å². The van der Waals surface area contributed by atoms with Gasteiger partial charge in [-0.05, 0) is 24.5 Å². The molecular weight excluding hydrogens is 494 g/mol. The fourth-order valence-electron chi connectivity index (χ4n) is 3.62. The second-order valence-electron chi connectivity index (χ2n) is 8.84. The number of aliphatic hydroxyl groups is 1. The number of nitrogens with two attached hydrogens (primary N) is 2. The lowest BCUT2D eigenvalue weighted by molar-refractivity contribution is -0.143. The minimum Gasteiger partial charge on any atom is -0.480 e. The lowest BCUT2D eigenvalue weighted by Gasteiger charge is -2.26. The van der Waals surface area contributed by atoms with E-state index in [-0.39, 0.29) is 12.8 Å². The minimum absolute atomic E-state index is 0.0396. The van der Waals surface area contributed by atoms with Gasteiger partial charge in [0.2, 0.25) is 23.6 Å². The van der Waals surface area contributed by atoms with E-state index < -0.39 is 66.3 Å². The molecule has 12 heteroatoms. The van der Waals surface area contributed by atoms with Gasteiger partial charge in [-0.15, -0.1) is 0 Å². The van der Waals surface area contributed by atoms with Crippen molar-refractivity contribution in [3.63, 3.8) is 0 Å². The molecule has 4 amide bonds. The fraction of sp³-hybridized carbons (Fsp3) is 0.346. The molecule has 0 fully saturated rings. The molecule has 38 heavy (non-hydrogen) atoms. The number of nitrogens with one attached hydrogen (secondary N) is 3. The van der Waals surface area contributed by atoms with E-state index in [1.54, 1.807) is 60.7 Å². The summed E-state index contributed by atoms with van der Waals surface area (Å²) in [4.78, 5) is 61.7. The Labute approximate surface area is 219 Å². The molecule has 204 valence electrons. The van der Waals surface area contributed by atoms with Crippen LogP contribution < -0.4 is 27.4 Å². The first kappa shape index (κ1) is 29.9. The van der Waals surface area contributed by atoms with Crippen LogP contribution in [0.2, 0.25) is 0 Å². The summed E-state index contributed by atoms with van der Waals surface area (Å²) in [5.41, 5.74) is 12.6. The largest absolute Gasteiger partial charge is 0.480 e. The summed E-state index contributed by atoms with van der Waals surface area (Å²) >= 11 is 0. The van der Waals surface area contributed by atoms with Gasteiger partial charge in [0, 0.05) is 6.42 Å². The van der Waals surface area contributed by atoms with Gasteiger partial charge < -0.3 is 37.6 Å². The number of hydrogen-bond donors (Lipinski definition) is 7. The molecule has 0 aliphatic carbocycles. The quantitative estimate of drug-likeness (QED) is 0.155. The maximum Gasteiger partial charge on any atom is 0.326 e. The van der Waals surface area contributed by atoms with Gasteiger partial charge in [0.25, 0.3) is 0 Å². The van der Waals surface area contributed by atoms with Crippen molar-refractivity contribution in [2.75, 3.05) is 0 Å². The van der Waals surface area contributed by atoms with Gasteiger partial charge in [0.15, 0.2) is 0 Å². The summed E-state index contributed by atoms with van der Waals surface area (Å²) in [6.45, 7) is 1.22. The number of benzene rings is 2. The average Bonchev–Trinajstić information content (AvgIpc) is 2.86. The zero-order chi connectivity index (χ0) is 28.2. The third-order valence-electron chi connectivity index (χ3n) is 5.63. The molecule has 0 heterocycles. The molecule has 5 unspecified atom stereocenters. The van der Waals surface area contributed by atoms with Crippen molar-refractivity contribution >= 4 is 29.6 Å². The predicted octanol–water partition coefficient (Wildman–Crippen LogP) is -1.41. The number of carbonyl (C=O) groups excluding carboxylic acids is 4. The Kier molecular flexibility index (Phi) is 11.4. The van der Waals surface area contributed by atoms with E-state index in [2.05, 4.69) is 16.0 Å². The van der Waals surface area contributed by atoms with E-state index >= 15 is 0 Å². The lowest BCUT2D eigenvalue weighted by atomic mass is 10.0. The van der Waals surface area contributed by atoms with Gasteiger partial charge in [0.1, 0.15) is 18.1 Å². The second-order valence-corrected chi connectivity index (χ2v) is 8.84. The number of hydrogen-bond acceptors (Lipinski definition) is 7. The van der Waals surface area contributed by atoms with Gasteiger partial charge >= 0.3 is 5.97 Å². The van der Waals surface area contributed by atoms with Gasteiger partial charge in [-0.25, -0.2) is 4.79 Å². The van der Waals surface area contributed by atoms with Crippen molar-refractivity contribution in [3.05, 3.63) is 71.8 Å². The first-order chi connectivity index (χ1) is 18.0. The normalized spacial score (nSPS) is 14.7. The van der Waals surface area contributed by atoms with Crippen LogP contribution in [0.5, 0.6) is 0 Å². The van der Waals surface area contributed by atoms with Crippen LogP contribution in [0.1, 0.15) is 24.5 Å². The van der Waals surface area contributed by atoms with E-state index in [9.17, 15) is 34.2 Å². The van der Waals surface area contributed by atoms with Crippen LogP contribution in [-0.4, -0.2) is 70.1 Å². The van der Waals surface area contributed by atoms with Crippen LogP contribution >= 0.6 is 0 Å². The van der Waals surface area contributed by atoms with E-state index in [4.69, 9.17) is 11.5 Å². The number of carboxylic acid groups (broad SMARTS) is 1. The number of aliphatic hydroxyl groups excluding tert-OH is 1. The molecule has 2 aromatic rings. The Morgan fingerprint density at radius 1 is 0.763 bits per heavy atom. The van der Waals surface area contributed by atoms with E-state index in [0.29, 0.717) is 5.56 Å². The molecule has 0 aliphatic heterocycles. The third-order valence-corrected chi connectivity index (χ3v) is 5.63. The number of carbonyl (C=O) groups is 5. The highest BCUT2D eigenvalue weighted by Gasteiger charge is 2.33. The summed E-state index contributed by atoms with van der Waals surface area (Å²) < 4.78 is 0. The molecule has 0 saturated carbocycles. The number of carboxylic acids is 1. The standard InChI is InChI=1S/C26H33N5O7/c1-15(32)22(25(36)30-20(26(37)38)13-17-10-6-3-7-11-17)31-24(35)19(14-21(28)33)29-23(34)18(27)12-16-8-4-2-5-9-16/h2-11,15,18-20,22,32H,12-14,27H2,1H3,(H2,28,33)(H,29,34)(H,30,36)(H,31,35)(H,37,38). The lowest BCUT2D eigenvalue weighted by Crippen LogP contribution is -2.60. The van der Waals surface area contributed by atoms with Crippen molar-refractivity contribution in [2.45, 2.75) is 56.5 Å². The monoisotopic (exact) mass is 527 g/mol. The Hall–Kier alpha value is -4.29. The number of aliphatic carboxylic acids is 1. The number of rotatable bonds is 14. The molecular formula is C26H33N5O7. The highest BCUT2D eigenvalue weighted by molar-refractivity contribution is 5.96. The number of primary amides is 1. The Morgan fingerprint density at radius 2 is 1.26 bits per heavy atom. The first-order valence-corrected chi connectivity index (χ1v) is 11.9. The van der Waals surface area contributed by atoms with Crippen LogP contribution in [0.15, 0.2) is 60.7 Å². The highest BCUT2D eigenvalue weighted by atomic mass is 16.4. The van der Waals surface area contributed by atoms with Crippen molar-refractivity contribution in [1.29, 1.82) is 0 Å². The Morgan fingerprint density at radius 3 is 1.74 bits per heavy atom. The van der Waals surface area contributed by atoms with E-state index in [0.717, 1.165) is 5.56 Å². The molecule has 0 radical (unpaired) electrons. The molecule has 12 nitrogen and oxygen atoms in total.